The predicted molar refractivity (Wildman–Crippen MR) is 120 cm³/mol. The van der Waals surface area contributed by atoms with Gasteiger partial charge in [0.15, 0.2) is 5.11 Å². The highest BCUT2D eigenvalue weighted by atomic mass is 32.1. The average molecular weight is 431 g/mol. The highest BCUT2D eigenvalue weighted by molar-refractivity contribution is 7.80. The van der Waals surface area contributed by atoms with Crippen LogP contribution in [0.3, 0.4) is 0 Å². The SMILES string of the molecule is Cc1cccc(N2C(=O)/C(=C/c3cccn3-c3cccc(C(=O)O)c3)C(=O)NC2=S)c1. The van der Waals surface area contributed by atoms with Crippen LogP contribution >= 0.6 is 12.2 Å². The maximum absolute atomic E-state index is 13.2. The molecule has 0 unspecified atom stereocenters. The van der Waals surface area contributed by atoms with Crippen LogP contribution < -0.4 is 10.2 Å². The summed E-state index contributed by atoms with van der Waals surface area (Å²) in [4.78, 5) is 38.4. The van der Waals surface area contributed by atoms with Gasteiger partial charge in [0, 0.05) is 17.6 Å². The molecule has 2 aromatic carbocycles. The van der Waals surface area contributed by atoms with Gasteiger partial charge >= 0.3 is 5.97 Å². The summed E-state index contributed by atoms with van der Waals surface area (Å²) in [5.41, 5.74) is 2.69. The normalized spacial score (nSPS) is 15.3. The number of anilines is 1. The summed E-state index contributed by atoms with van der Waals surface area (Å²) < 4.78 is 1.70. The maximum Gasteiger partial charge on any atom is 0.335 e. The van der Waals surface area contributed by atoms with Crippen LogP contribution in [0.5, 0.6) is 0 Å². The van der Waals surface area contributed by atoms with Crippen molar-refractivity contribution in [2.75, 3.05) is 4.90 Å². The van der Waals surface area contributed by atoms with Crippen LogP contribution in [0, 0.1) is 6.92 Å². The highest BCUT2D eigenvalue weighted by Gasteiger charge is 2.34. The fraction of sp³-hybridized carbons (Fsp3) is 0.0435. The molecule has 1 aliphatic heterocycles. The number of hydrogen-bond donors (Lipinski definition) is 2. The lowest BCUT2D eigenvalue weighted by Crippen LogP contribution is -2.54. The Morgan fingerprint density at radius 3 is 2.52 bits per heavy atom. The number of hydrogen-bond acceptors (Lipinski definition) is 4. The molecule has 2 N–H and O–H groups in total. The molecule has 4 rings (SSSR count). The Morgan fingerprint density at radius 1 is 1.03 bits per heavy atom. The lowest BCUT2D eigenvalue weighted by molar-refractivity contribution is -0.122. The Labute approximate surface area is 183 Å². The molecule has 0 aliphatic carbocycles. The van der Waals surface area contributed by atoms with Crippen molar-refractivity contribution in [3.63, 3.8) is 0 Å². The van der Waals surface area contributed by atoms with Crippen molar-refractivity contribution in [3.8, 4) is 5.69 Å². The van der Waals surface area contributed by atoms with Crippen molar-refractivity contribution in [1.29, 1.82) is 0 Å². The first kappa shape index (κ1) is 20.2. The van der Waals surface area contributed by atoms with E-state index in [9.17, 15) is 19.5 Å². The molecule has 1 aliphatic rings. The van der Waals surface area contributed by atoms with E-state index in [2.05, 4.69) is 5.32 Å². The Morgan fingerprint density at radius 2 is 1.77 bits per heavy atom. The Balaban J connectivity index is 1.75. The molecule has 1 aromatic heterocycles. The van der Waals surface area contributed by atoms with Gasteiger partial charge in [-0.2, -0.15) is 0 Å². The number of aryl methyl sites for hydroxylation is 1. The summed E-state index contributed by atoms with van der Waals surface area (Å²) >= 11 is 5.23. The van der Waals surface area contributed by atoms with Crippen LogP contribution in [0.2, 0.25) is 0 Å². The summed E-state index contributed by atoms with van der Waals surface area (Å²) in [7, 11) is 0. The van der Waals surface area contributed by atoms with Gasteiger partial charge in [0.1, 0.15) is 5.57 Å². The lowest BCUT2D eigenvalue weighted by atomic mass is 10.1. The number of rotatable bonds is 4. The van der Waals surface area contributed by atoms with E-state index in [-0.39, 0.29) is 16.2 Å². The molecule has 3 aromatic rings. The quantitative estimate of drug-likeness (QED) is 0.376. The number of nitrogens with zero attached hydrogens (tertiary/aromatic N) is 2. The minimum atomic E-state index is -1.04. The first-order valence-corrected chi connectivity index (χ1v) is 9.75. The second kappa shape index (κ2) is 8.00. The van der Waals surface area contributed by atoms with E-state index < -0.39 is 17.8 Å². The molecule has 2 heterocycles. The minimum absolute atomic E-state index is 0.0160. The summed E-state index contributed by atoms with van der Waals surface area (Å²) in [5, 5.41) is 11.8. The van der Waals surface area contributed by atoms with E-state index in [1.54, 1.807) is 53.2 Å². The first-order valence-electron chi connectivity index (χ1n) is 9.34. The van der Waals surface area contributed by atoms with Crippen LogP contribution in [0.1, 0.15) is 21.6 Å². The van der Waals surface area contributed by atoms with Crippen LogP contribution in [-0.2, 0) is 9.59 Å². The van der Waals surface area contributed by atoms with Gasteiger partial charge < -0.3 is 9.67 Å². The molecule has 2 amide bonds. The van der Waals surface area contributed by atoms with E-state index in [1.807, 2.05) is 13.0 Å². The Hall–Kier alpha value is -4.04. The Bertz CT molecular complexity index is 1280. The molecule has 0 radical (unpaired) electrons. The molecule has 31 heavy (non-hydrogen) atoms. The van der Waals surface area contributed by atoms with E-state index in [0.29, 0.717) is 17.1 Å². The van der Waals surface area contributed by atoms with Gasteiger partial charge in [-0.3, -0.25) is 19.8 Å². The molecule has 154 valence electrons. The second-order valence-corrected chi connectivity index (χ2v) is 7.34. The second-order valence-electron chi connectivity index (χ2n) is 6.96. The van der Waals surface area contributed by atoms with Crippen LogP contribution in [0.4, 0.5) is 5.69 Å². The zero-order valence-electron chi connectivity index (χ0n) is 16.4. The number of aromatic carboxylic acids is 1. The smallest absolute Gasteiger partial charge is 0.335 e. The van der Waals surface area contributed by atoms with Crippen molar-refractivity contribution in [2.24, 2.45) is 0 Å². The lowest BCUT2D eigenvalue weighted by Gasteiger charge is -2.29. The minimum Gasteiger partial charge on any atom is -0.478 e. The molecule has 8 heteroatoms. The monoisotopic (exact) mass is 431 g/mol. The van der Waals surface area contributed by atoms with Gasteiger partial charge in [0.2, 0.25) is 0 Å². The van der Waals surface area contributed by atoms with Crippen molar-refractivity contribution < 1.29 is 19.5 Å². The number of carboxylic acids is 1. The molecular weight excluding hydrogens is 414 g/mol. The third-order valence-corrected chi connectivity index (χ3v) is 5.09. The van der Waals surface area contributed by atoms with Crippen molar-refractivity contribution in [2.45, 2.75) is 6.92 Å². The van der Waals surface area contributed by atoms with Crippen molar-refractivity contribution in [3.05, 3.63) is 89.3 Å². The summed E-state index contributed by atoms with van der Waals surface area (Å²) in [6, 6.07) is 17.1. The fourth-order valence-corrected chi connectivity index (χ4v) is 3.62. The van der Waals surface area contributed by atoms with Crippen LogP contribution in [-0.4, -0.2) is 32.6 Å². The number of thiocarbonyl (C=S) groups is 1. The number of aromatic nitrogens is 1. The largest absolute Gasteiger partial charge is 0.478 e. The molecular formula is C23H17N3O4S. The maximum atomic E-state index is 13.2. The number of carboxylic acid groups (broad SMARTS) is 1. The number of carbonyl (C=O) groups excluding carboxylic acids is 2. The number of nitrogens with one attached hydrogen (secondary N) is 1. The molecule has 1 saturated heterocycles. The molecule has 0 atom stereocenters. The topological polar surface area (TPSA) is 91.6 Å². The highest BCUT2D eigenvalue weighted by Crippen LogP contribution is 2.24. The third kappa shape index (κ3) is 3.88. The fourth-order valence-electron chi connectivity index (χ4n) is 3.34. The summed E-state index contributed by atoms with van der Waals surface area (Å²) in [6.45, 7) is 1.90. The molecule has 0 bridgehead atoms. The molecule has 0 spiro atoms. The zero-order valence-corrected chi connectivity index (χ0v) is 17.2. The van der Waals surface area contributed by atoms with Crippen LogP contribution in [0.25, 0.3) is 11.8 Å². The van der Waals surface area contributed by atoms with Gasteiger partial charge in [-0.15, -0.1) is 0 Å². The Kier molecular flexibility index (Phi) is 5.22. The van der Waals surface area contributed by atoms with Gasteiger partial charge in [0.05, 0.1) is 11.3 Å². The summed E-state index contributed by atoms with van der Waals surface area (Å²) in [5.74, 6) is -2.17. The van der Waals surface area contributed by atoms with Gasteiger partial charge in [-0.05, 0) is 73.2 Å². The molecule has 7 nitrogen and oxygen atoms in total. The summed E-state index contributed by atoms with van der Waals surface area (Å²) in [6.07, 6.45) is 3.19. The number of carbonyl (C=O) groups is 3. The van der Waals surface area contributed by atoms with Gasteiger partial charge in [-0.25, -0.2) is 4.79 Å². The third-order valence-electron chi connectivity index (χ3n) is 4.81. The van der Waals surface area contributed by atoms with E-state index in [1.165, 1.54) is 23.1 Å². The van der Waals surface area contributed by atoms with Crippen molar-refractivity contribution in [1.82, 2.24) is 9.88 Å². The van der Waals surface area contributed by atoms with E-state index >= 15 is 0 Å². The standard InChI is InChI=1S/C23H17N3O4S/c1-14-5-2-8-18(11-14)26-21(28)19(20(27)24-23(26)31)13-17-9-4-10-25(17)16-7-3-6-15(12-16)22(29)30/h2-13H,1H3,(H,29,30)(H,24,27,31)/b19-13+. The van der Waals surface area contributed by atoms with Gasteiger partial charge in [0.25, 0.3) is 11.8 Å². The average Bonchev–Trinajstić information content (AvgIpc) is 3.19. The van der Waals surface area contributed by atoms with Crippen molar-refractivity contribution >= 4 is 46.9 Å². The predicted octanol–water partition coefficient (Wildman–Crippen LogP) is 3.32. The van der Waals surface area contributed by atoms with E-state index in [0.717, 1.165) is 5.56 Å². The van der Waals surface area contributed by atoms with Gasteiger partial charge in [-0.1, -0.05) is 18.2 Å². The van der Waals surface area contributed by atoms with Crippen LogP contribution in [0.15, 0.2) is 72.4 Å². The number of amides is 2. The molecule has 1 fully saturated rings. The van der Waals surface area contributed by atoms with E-state index in [4.69, 9.17) is 12.2 Å². The number of benzene rings is 2. The zero-order chi connectivity index (χ0) is 22.1. The molecule has 0 saturated carbocycles. The first-order chi connectivity index (χ1) is 14.8.